The molecule has 4 rings (SSSR count). The number of nitrogens with zero attached hydrogens (tertiary/aromatic N) is 1. The summed E-state index contributed by atoms with van der Waals surface area (Å²) in [6.07, 6.45) is 2.45. The number of amides is 1. The van der Waals surface area contributed by atoms with Gasteiger partial charge in [0.15, 0.2) is 5.43 Å². The molecule has 5 heteroatoms. The quantitative estimate of drug-likeness (QED) is 0.548. The number of rotatable bonds is 6. The van der Waals surface area contributed by atoms with Crippen LogP contribution in [0.1, 0.15) is 52.2 Å². The molecule has 0 aliphatic carbocycles. The van der Waals surface area contributed by atoms with Crippen molar-refractivity contribution in [3.8, 4) is 5.75 Å². The molecule has 2 aromatic carbocycles. The first kappa shape index (κ1) is 20.0. The first-order valence-electron chi connectivity index (χ1n) is 10.2. The molecule has 0 N–H and O–H groups in total. The molecule has 3 aromatic rings. The highest BCUT2D eigenvalue weighted by molar-refractivity contribution is 5.99. The van der Waals surface area contributed by atoms with Crippen molar-refractivity contribution in [2.24, 2.45) is 0 Å². The number of fused-ring (bicyclic) bond motifs is 2. The third kappa shape index (κ3) is 3.20. The van der Waals surface area contributed by atoms with Crippen molar-refractivity contribution >= 4 is 16.9 Å². The van der Waals surface area contributed by atoms with Gasteiger partial charge in [0.1, 0.15) is 17.9 Å². The van der Waals surface area contributed by atoms with E-state index < -0.39 is 6.04 Å². The Morgan fingerprint density at radius 2 is 2.00 bits per heavy atom. The fourth-order valence-electron chi connectivity index (χ4n) is 4.26. The lowest BCUT2D eigenvalue weighted by Crippen LogP contribution is -2.30. The molecule has 5 nitrogen and oxygen atoms in total. The standard InChI is InChI=1S/C25H25NO4/c1-5-10-26-22(17-8-7-9-18(14-17)29-11-6-2)21-23(27)20-16(4)12-15(3)13-19(20)30-24(21)25(26)28/h6-9,12-14,22H,2,5,10-11H2,1,3-4H3. The van der Waals surface area contributed by atoms with Gasteiger partial charge in [0.05, 0.1) is 17.0 Å². The number of ether oxygens (including phenoxy) is 1. The minimum atomic E-state index is -0.499. The Bertz CT molecular complexity index is 1210. The monoisotopic (exact) mass is 403 g/mol. The Morgan fingerprint density at radius 1 is 1.20 bits per heavy atom. The highest BCUT2D eigenvalue weighted by Crippen LogP contribution is 2.39. The molecule has 0 fully saturated rings. The molecule has 1 atom stereocenters. The third-order valence-electron chi connectivity index (χ3n) is 5.42. The molecule has 1 unspecified atom stereocenters. The first-order chi connectivity index (χ1) is 14.5. The van der Waals surface area contributed by atoms with E-state index in [1.807, 2.05) is 57.2 Å². The number of benzene rings is 2. The summed E-state index contributed by atoms with van der Waals surface area (Å²) in [6.45, 7) is 10.4. The second-order valence-corrected chi connectivity index (χ2v) is 7.70. The lowest BCUT2D eigenvalue weighted by atomic mass is 9.96. The number of hydrogen-bond donors (Lipinski definition) is 0. The van der Waals surface area contributed by atoms with E-state index in [2.05, 4.69) is 6.58 Å². The van der Waals surface area contributed by atoms with Crippen molar-refractivity contribution in [3.05, 3.63) is 87.3 Å². The SMILES string of the molecule is C=CCOc1cccc(C2c3c(oc4cc(C)cc(C)c4c3=O)C(=O)N2CCC)c1. The third-order valence-corrected chi connectivity index (χ3v) is 5.42. The Morgan fingerprint density at radius 3 is 2.73 bits per heavy atom. The van der Waals surface area contributed by atoms with Crippen LogP contribution in [0.4, 0.5) is 0 Å². The summed E-state index contributed by atoms with van der Waals surface area (Å²) in [4.78, 5) is 28.6. The van der Waals surface area contributed by atoms with Crippen LogP contribution in [0.15, 0.2) is 58.3 Å². The molecule has 2 heterocycles. The van der Waals surface area contributed by atoms with Gasteiger partial charge in [-0.25, -0.2) is 0 Å². The van der Waals surface area contributed by atoms with Gasteiger partial charge in [-0.15, -0.1) is 0 Å². The Hall–Kier alpha value is -3.34. The van der Waals surface area contributed by atoms with E-state index >= 15 is 0 Å². The van der Waals surface area contributed by atoms with E-state index in [-0.39, 0.29) is 17.1 Å². The smallest absolute Gasteiger partial charge is 0.290 e. The van der Waals surface area contributed by atoms with E-state index in [4.69, 9.17) is 9.15 Å². The van der Waals surface area contributed by atoms with Gasteiger partial charge in [-0.1, -0.05) is 37.8 Å². The van der Waals surface area contributed by atoms with Crippen molar-refractivity contribution in [1.29, 1.82) is 0 Å². The summed E-state index contributed by atoms with van der Waals surface area (Å²) in [5, 5.41) is 0.537. The Labute approximate surface area is 175 Å². The summed E-state index contributed by atoms with van der Waals surface area (Å²) >= 11 is 0. The van der Waals surface area contributed by atoms with E-state index in [1.54, 1.807) is 11.0 Å². The summed E-state index contributed by atoms with van der Waals surface area (Å²) in [5.41, 5.74) is 3.40. The second kappa shape index (κ2) is 7.82. The summed E-state index contributed by atoms with van der Waals surface area (Å²) in [7, 11) is 0. The molecule has 1 aliphatic rings. The largest absolute Gasteiger partial charge is 0.490 e. The molecular weight excluding hydrogens is 378 g/mol. The van der Waals surface area contributed by atoms with Crippen LogP contribution >= 0.6 is 0 Å². The van der Waals surface area contributed by atoms with E-state index in [0.29, 0.717) is 35.4 Å². The summed E-state index contributed by atoms with van der Waals surface area (Å²) in [6, 6.07) is 10.8. The average molecular weight is 403 g/mol. The molecule has 0 saturated carbocycles. The Kier molecular flexibility index (Phi) is 5.20. The molecular formula is C25H25NO4. The Balaban J connectivity index is 1.96. The van der Waals surface area contributed by atoms with Crippen molar-refractivity contribution in [3.63, 3.8) is 0 Å². The maximum absolute atomic E-state index is 13.6. The maximum Gasteiger partial charge on any atom is 0.290 e. The zero-order valence-electron chi connectivity index (χ0n) is 17.5. The lowest BCUT2D eigenvalue weighted by Gasteiger charge is -2.25. The fraction of sp³-hybridized carbons (Fsp3) is 0.280. The number of carbonyl (C=O) groups excluding carboxylic acids is 1. The highest BCUT2D eigenvalue weighted by Gasteiger charge is 2.42. The molecule has 0 radical (unpaired) electrons. The van der Waals surface area contributed by atoms with E-state index in [1.165, 1.54) is 0 Å². The van der Waals surface area contributed by atoms with Crippen LogP contribution in [0.5, 0.6) is 5.75 Å². The van der Waals surface area contributed by atoms with Crippen molar-refractivity contribution in [2.45, 2.75) is 33.2 Å². The van der Waals surface area contributed by atoms with Gasteiger partial charge >= 0.3 is 0 Å². The van der Waals surface area contributed by atoms with Gasteiger partial charge in [-0.05, 0) is 55.2 Å². The van der Waals surface area contributed by atoms with Gasteiger partial charge in [0.25, 0.3) is 5.91 Å². The van der Waals surface area contributed by atoms with Crippen molar-refractivity contribution in [2.75, 3.05) is 13.2 Å². The molecule has 1 aliphatic heterocycles. The zero-order chi connectivity index (χ0) is 21.4. The van der Waals surface area contributed by atoms with Crippen LogP contribution in [-0.2, 0) is 0 Å². The molecule has 154 valence electrons. The minimum Gasteiger partial charge on any atom is -0.490 e. The van der Waals surface area contributed by atoms with Crippen LogP contribution in [0, 0.1) is 13.8 Å². The average Bonchev–Trinajstić information content (AvgIpc) is 2.99. The van der Waals surface area contributed by atoms with Gasteiger partial charge in [-0.2, -0.15) is 0 Å². The molecule has 1 aromatic heterocycles. The molecule has 30 heavy (non-hydrogen) atoms. The highest BCUT2D eigenvalue weighted by atomic mass is 16.5. The van der Waals surface area contributed by atoms with Crippen LogP contribution < -0.4 is 10.2 Å². The van der Waals surface area contributed by atoms with E-state index in [9.17, 15) is 9.59 Å². The predicted octanol–water partition coefficient (Wildman–Crippen LogP) is 4.93. The lowest BCUT2D eigenvalue weighted by molar-refractivity contribution is 0.0728. The van der Waals surface area contributed by atoms with E-state index in [0.717, 1.165) is 23.1 Å². The first-order valence-corrected chi connectivity index (χ1v) is 10.2. The molecule has 1 amide bonds. The predicted molar refractivity (Wildman–Crippen MR) is 117 cm³/mol. The topological polar surface area (TPSA) is 59.8 Å². The normalized spacial score (nSPS) is 15.5. The number of aryl methyl sites for hydroxylation is 2. The summed E-state index contributed by atoms with van der Waals surface area (Å²) in [5.74, 6) is 0.572. The second-order valence-electron chi connectivity index (χ2n) is 7.70. The van der Waals surface area contributed by atoms with Gasteiger partial charge in [-0.3, -0.25) is 9.59 Å². The maximum atomic E-state index is 13.6. The van der Waals surface area contributed by atoms with Crippen LogP contribution in [0.3, 0.4) is 0 Å². The molecule has 0 saturated heterocycles. The van der Waals surface area contributed by atoms with Crippen LogP contribution in [0.2, 0.25) is 0 Å². The van der Waals surface area contributed by atoms with Gasteiger partial charge < -0.3 is 14.1 Å². The van der Waals surface area contributed by atoms with Crippen molar-refractivity contribution < 1.29 is 13.9 Å². The summed E-state index contributed by atoms with van der Waals surface area (Å²) < 4.78 is 11.7. The number of carbonyl (C=O) groups is 1. The molecule has 0 spiro atoms. The fourth-order valence-corrected chi connectivity index (χ4v) is 4.26. The van der Waals surface area contributed by atoms with Crippen LogP contribution in [0.25, 0.3) is 11.0 Å². The van der Waals surface area contributed by atoms with Gasteiger partial charge in [0, 0.05) is 6.54 Å². The number of hydrogen-bond acceptors (Lipinski definition) is 4. The molecule has 0 bridgehead atoms. The van der Waals surface area contributed by atoms with Gasteiger partial charge in [0.2, 0.25) is 5.76 Å². The minimum absolute atomic E-state index is 0.141. The van der Waals surface area contributed by atoms with Crippen molar-refractivity contribution in [1.82, 2.24) is 4.90 Å². The zero-order valence-corrected chi connectivity index (χ0v) is 17.5. The van der Waals surface area contributed by atoms with Crippen LogP contribution in [-0.4, -0.2) is 24.0 Å².